The molecule has 0 aliphatic carbocycles. The minimum Gasteiger partial charge on any atom is -0.387 e. The van der Waals surface area contributed by atoms with Crippen molar-refractivity contribution in [2.24, 2.45) is 0 Å². The van der Waals surface area contributed by atoms with E-state index in [2.05, 4.69) is 0 Å². The van der Waals surface area contributed by atoms with Gasteiger partial charge in [0.2, 0.25) is 0 Å². The predicted octanol–water partition coefficient (Wildman–Crippen LogP) is 2.94. The summed E-state index contributed by atoms with van der Waals surface area (Å²) in [6.07, 6.45) is -0.851. The monoisotopic (exact) mass is 215 g/mol. The zero-order chi connectivity index (χ0) is 9.84. The SMILES string of the molecule is N#CCC(O)c1cccc(Cl)c1Cl. The Labute approximate surface area is 86.3 Å². The van der Waals surface area contributed by atoms with Gasteiger partial charge in [-0.2, -0.15) is 5.26 Å². The zero-order valence-electron chi connectivity index (χ0n) is 6.67. The van der Waals surface area contributed by atoms with Crippen LogP contribution in [0.2, 0.25) is 10.0 Å². The van der Waals surface area contributed by atoms with Crippen molar-refractivity contribution in [1.29, 1.82) is 5.26 Å². The summed E-state index contributed by atoms with van der Waals surface area (Å²) in [4.78, 5) is 0. The molecule has 4 heteroatoms. The lowest BCUT2D eigenvalue weighted by Crippen LogP contribution is -1.96. The first-order valence-corrected chi connectivity index (χ1v) is 4.41. The summed E-state index contributed by atoms with van der Waals surface area (Å²) < 4.78 is 0. The number of hydrogen-bond donors (Lipinski definition) is 1. The molecule has 1 aromatic carbocycles. The van der Waals surface area contributed by atoms with Crippen LogP contribution < -0.4 is 0 Å². The van der Waals surface area contributed by atoms with Gasteiger partial charge < -0.3 is 5.11 Å². The minimum absolute atomic E-state index is 0.0140. The fraction of sp³-hybridized carbons (Fsp3) is 0.222. The Morgan fingerprint density at radius 1 is 1.46 bits per heavy atom. The quantitative estimate of drug-likeness (QED) is 0.825. The molecule has 0 fully saturated rings. The van der Waals surface area contributed by atoms with Crippen LogP contribution in [0.15, 0.2) is 18.2 Å². The van der Waals surface area contributed by atoms with Crippen LogP contribution in [0.1, 0.15) is 18.1 Å². The Morgan fingerprint density at radius 2 is 2.15 bits per heavy atom. The van der Waals surface area contributed by atoms with E-state index in [-0.39, 0.29) is 6.42 Å². The van der Waals surface area contributed by atoms with Crippen molar-refractivity contribution in [3.05, 3.63) is 33.8 Å². The summed E-state index contributed by atoms with van der Waals surface area (Å²) in [5.74, 6) is 0. The summed E-state index contributed by atoms with van der Waals surface area (Å²) in [6.45, 7) is 0. The van der Waals surface area contributed by atoms with Gasteiger partial charge in [-0.25, -0.2) is 0 Å². The van der Waals surface area contributed by atoms with E-state index in [1.54, 1.807) is 18.2 Å². The molecule has 0 bridgehead atoms. The number of rotatable bonds is 2. The molecule has 0 amide bonds. The van der Waals surface area contributed by atoms with Gasteiger partial charge in [-0.05, 0) is 6.07 Å². The molecule has 1 atom stereocenters. The van der Waals surface area contributed by atoms with Crippen LogP contribution in [-0.4, -0.2) is 5.11 Å². The number of aliphatic hydroxyl groups excluding tert-OH is 1. The second-order valence-corrected chi connectivity index (χ2v) is 3.31. The molecule has 0 saturated carbocycles. The van der Waals surface area contributed by atoms with Crippen LogP contribution in [0, 0.1) is 11.3 Å². The first-order chi connectivity index (χ1) is 6.16. The lowest BCUT2D eigenvalue weighted by molar-refractivity contribution is 0.183. The summed E-state index contributed by atoms with van der Waals surface area (Å²) >= 11 is 11.6. The lowest BCUT2D eigenvalue weighted by atomic mass is 10.1. The Hall–Kier alpha value is -0.750. The Balaban J connectivity index is 3.02. The molecule has 0 aliphatic heterocycles. The number of nitriles is 1. The number of hydrogen-bond acceptors (Lipinski definition) is 2. The average Bonchev–Trinajstić information content (AvgIpc) is 2.10. The predicted molar refractivity (Wildman–Crippen MR) is 51.7 cm³/mol. The van der Waals surface area contributed by atoms with E-state index >= 15 is 0 Å². The topological polar surface area (TPSA) is 44.0 Å². The van der Waals surface area contributed by atoms with E-state index in [1.165, 1.54) is 0 Å². The van der Waals surface area contributed by atoms with E-state index in [0.29, 0.717) is 15.6 Å². The third kappa shape index (κ3) is 2.35. The van der Waals surface area contributed by atoms with E-state index < -0.39 is 6.10 Å². The van der Waals surface area contributed by atoms with Crippen LogP contribution >= 0.6 is 23.2 Å². The maximum atomic E-state index is 9.46. The van der Waals surface area contributed by atoms with Crippen molar-refractivity contribution < 1.29 is 5.11 Å². The van der Waals surface area contributed by atoms with Crippen LogP contribution in [-0.2, 0) is 0 Å². The zero-order valence-corrected chi connectivity index (χ0v) is 8.18. The molecule has 0 radical (unpaired) electrons. The average molecular weight is 216 g/mol. The first kappa shape index (κ1) is 10.3. The lowest BCUT2D eigenvalue weighted by Gasteiger charge is -2.09. The highest BCUT2D eigenvalue weighted by Crippen LogP contribution is 2.30. The number of benzene rings is 1. The van der Waals surface area contributed by atoms with Crippen LogP contribution in [0.25, 0.3) is 0 Å². The van der Waals surface area contributed by atoms with Crippen LogP contribution in [0.3, 0.4) is 0 Å². The van der Waals surface area contributed by atoms with E-state index in [4.69, 9.17) is 28.5 Å². The third-order valence-electron chi connectivity index (χ3n) is 1.63. The molecule has 1 aromatic rings. The highest BCUT2D eigenvalue weighted by atomic mass is 35.5. The summed E-state index contributed by atoms with van der Waals surface area (Å²) in [5, 5.41) is 18.5. The standard InChI is InChI=1S/C9H7Cl2NO/c10-7-3-1-2-6(9(7)11)8(13)4-5-12/h1-3,8,13H,4H2. The van der Waals surface area contributed by atoms with Crippen molar-refractivity contribution in [2.75, 3.05) is 0 Å². The number of nitrogens with zero attached hydrogens (tertiary/aromatic N) is 1. The molecular weight excluding hydrogens is 209 g/mol. The van der Waals surface area contributed by atoms with Gasteiger partial charge in [0.05, 0.1) is 28.6 Å². The highest BCUT2D eigenvalue weighted by Gasteiger charge is 2.12. The molecule has 1 N–H and O–H groups in total. The molecule has 0 spiro atoms. The minimum atomic E-state index is -0.865. The normalized spacial score (nSPS) is 12.2. The van der Waals surface area contributed by atoms with E-state index in [1.807, 2.05) is 6.07 Å². The van der Waals surface area contributed by atoms with Crippen molar-refractivity contribution in [2.45, 2.75) is 12.5 Å². The molecule has 0 heterocycles. The Bertz CT molecular complexity index is 346. The smallest absolute Gasteiger partial charge is 0.0934 e. The van der Waals surface area contributed by atoms with Crippen LogP contribution in [0.4, 0.5) is 0 Å². The second kappa shape index (κ2) is 4.48. The molecule has 1 unspecified atom stereocenters. The molecule has 13 heavy (non-hydrogen) atoms. The summed E-state index contributed by atoms with van der Waals surface area (Å²) in [7, 11) is 0. The van der Waals surface area contributed by atoms with E-state index in [0.717, 1.165) is 0 Å². The maximum Gasteiger partial charge on any atom is 0.0934 e. The summed E-state index contributed by atoms with van der Waals surface area (Å²) in [6, 6.07) is 6.83. The Kier molecular flexibility index (Phi) is 3.56. The van der Waals surface area contributed by atoms with Crippen molar-refractivity contribution in [3.8, 4) is 6.07 Å². The summed E-state index contributed by atoms with van der Waals surface area (Å²) in [5.41, 5.74) is 0.496. The van der Waals surface area contributed by atoms with Gasteiger partial charge in [-0.15, -0.1) is 0 Å². The molecule has 68 valence electrons. The second-order valence-electron chi connectivity index (χ2n) is 2.52. The number of halogens is 2. The van der Waals surface area contributed by atoms with E-state index in [9.17, 15) is 5.11 Å². The first-order valence-electron chi connectivity index (χ1n) is 3.65. The Morgan fingerprint density at radius 3 is 2.77 bits per heavy atom. The maximum absolute atomic E-state index is 9.46. The van der Waals surface area contributed by atoms with Gasteiger partial charge >= 0.3 is 0 Å². The molecule has 0 aliphatic rings. The van der Waals surface area contributed by atoms with Gasteiger partial charge in [0, 0.05) is 5.56 Å². The highest BCUT2D eigenvalue weighted by molar-refractivity contribution is 6.42. The van der Waals surface area contributed by atoms with Gasteiger partial charge in [0.1, 0.15) is 0 Å². The van der Waals surface area contributed by atoms with Gasteiger partial charge in [0.15, 0.2) is 0 Å². The molecule has 0 saturated heterocycles. The largest absolute Gasteiger partial charge is 0.387 e. The molecule has 0 aromatic heterocycles. The van der Waals surface area contributed by atoms with Gasteiger partial charge in [-0.1, -0.05) is 35.3 Å². The van der Waals surface area contributed by atoms with Crippen LogP contribution in [0.5, 0.6) is 0 Å². The molecule has 2 nitrogen and oxygen atoms in total. The third-order valence-corrected chi connectivity index (χ3v) is 2.46. The fourth-order valence-corrected chi connectivity index (χ4v) is 1.41. The molecule has 1 rings (SSSR count). The van der Waals surface area contributed by atoms with Crippen molar-refractivity contribution >= 4 is 23.2 Å². The molecular formula is C9H7Cl2NO. The van der Waals surface area contributed by atoms with Crippen molar-refractivity contribution in [1.82, 2.24) is 0 Å². The van der Waals surface area contributed by atoms with Gasteiger partial charge in [0.25, 0.3) is 0 Å². The fourth-order valence-electron chi connectivity index (χ4n) is 0.974. The van der Waals surface area contributed by atoms with Crippen molar-refractivity contribution in [3.63, 3.8) is 0 Å². The number of aliphatic hydroxyl groups is 1. The van der Waals surface area contributed by atoms with Gasteiger partial charge in [-0.3, -0.25) is 0 Å².